The first-order valence-corrected chi connectivity index (χ1v) is 8.05. The highest BCUT2D eigenvalue weighted by molar-refractivity contribution is 5.94. The Labute approximate surface area is 139 Å². The zero-order valence-corrected chi connectivity index (χ0v) is 13.6. The molecule has 2 N–H and O–H groups in total. The van der Waals surface area contributed by atoms with Crippen LogP contribution in [-0.2, 0) is 4.79 Å². The predicted octanol–water partition coefficient (Wildman–Crippen LogP) is 1.56. The number of carbonyl (C=O) groups is 2. The van der Waals surface area contributed by atoms with Gasteiger partial charge >= 0.3 is 0 Å². The second-order valence-corrected chi connectivity index (χ2v) is 6.22. The number of aliphatic hydroxyl groups excluding tert-OH is 1. The number of aliphatic hydroxyl groups is 1. The molecule has 0 aliphatic carbocycles. The fourth-order valence-electron chi connectivity index (χ4n) is 2.66. The van der Waals surface area contributed by atoms with E-state index in [9.17, 15) is 18.4 Å². The van der Waals surface area contributed by atoms with E-state index in [-0.39, 0.29) is 29.9 Å². The van der Waals surface area contributed by atoms with Crippen LogP contribution in [0.5, 0.6) is 0 Å². The first-order chi connectivity index (χ1) is 11.4. The predicted molar refractivity (Wildman–Crippen MR) is 84.2 cm³/mol. The highest BCUT2D eigenvalue weighted by Crippen LogP contribution is 2.20. The number of hydrogen-bond donors (Lipinski definition) is 2. The van der Waals surface area contributed by atoms with E-state index in [1.165, 1.54) is 4.90 Å². The number of halogens is 2. The lowest BCUT2D eigenvalue weighted by atomic mass is 9.95. The second-order valence-electron chi connectivity index (χ2n) is 6.22. The van der Waals surface area contributed by atoms with Gasteiger partial charge in [-0.15, -0.1) is 0 Å². The average Bonchev–Trinajstić information content (AvgIpc) is 2.59. The van der Waals surface area contributed by atoms with E-state index in [0.717, 1.165) is 12.1 Å². The SMILES string of the molecule is CC(CO)CNC(=O)C1CCN(C(=O)c2ccc(F)cc2F)CC1. The summed E-state index contributed by atoms with van der Waals surface area (Å²) in [6.07, 6.45) is 0.988. The number of rotatable bonds is 5. The van der Waals surface area contributed by atoms with Crippen molar-refractivity contribution in [2.75, 3.05) is 26.2 Å². The maximum atomic E-state index is 13.7. The van der Waals surface area contributed by atoms with Gasteiger partial charge in [0.25, 0.3) is 5.91 Å². The van der Waals surface area contributed by atoms with Gasteiger partial charge in [-0.2, -0.15) is 0 Å². The summed E-state index contributed by atoms with van der Waals surface area (Å²) >= 11 is 0. The first-order valence-electron chi connectivity index (χ1n) is 8.05. The van der Waals surface area contributed by atoms with Crippen LogP contribution in [0.25, 0.3) is 0 Å². The van der Waals surface area contributed by atoms with Crippen molar-refractivity contribution in [1.82, 2.24) is 10.2 Å². The third-order valence-electron chi connectivity index (χ3n) is 4.25. The zero-order valence-electron chi connectivity index (χ0n) is 13.6. The van der Waals surface area contributed by atoms with Gasteiger partial charge in [-0.3, -0.25) is 9.59 Å². The summed E-state index contributed by atoms with van der Waals surface area (Å²) in [5, 5.41) is 11.7. The van der Waals surface area contributed by atoms with Gasteiger partial charge < -0.3 is 15.3 Å². The van der Waals surface area contributed by atoms with Gasteiger partial charge in [-0.1, -0.05) is 6.92 Å². The van der Waals surface area contributed by atoms with E-state index in [1.807, 2.05) is 6.92 Å². The topological polar surface area (TPSA) is 69.6 Å². The number of amides is 2. The van der Waals surface area contributed by atoms with Crippen molar-refractivity contribution in [2.24, 2.45) is 11.8 Å². The molecular weight excluding hydrogens is 318 g/mol. The summed E-state index contributed by atoms with van der Waals surface area (Å²) in [6, 6.07) is 2.89. The van der Waals surface area contributed by atoms with Crippen LogP contribution in [0.2, 0.25) is 0 Å². The van der Waals surface area contributed by atoms with Crippen LogP contribution >= 0.6 is 0 Å². The molecule has 2 amide bonds. The van der Waals surface area contributed by atoms with E-state index in [4.69, 9.17) is 5.11 Å². The normalized spacial score (nSPS) is 16.8. The molecular formula is C17H22F2N2O3. The number of hydrogen-bond acceptors (Lipinski definition) is 3. The molecule has 1 unspecified atom stereocenters. The lowest BCUT2D eigenvalue weighted by Gasteiger charge is -2.31. The molecule has 7 heteroatoms. The van der Waals surface area contributed by atoms with Crippen molar-refractivity contribution in [1.29, 1.82) is 0 Å². The Morgan fingerprint density at radius 1 is 1.33 bits per heavy atom. The molecule has 0 aromatic heterocycles. The van der Waals surface area contributed by atoms with Crippen LogP contribution < -0.4 is 5.32 Å². The Balaban J connectivity index is 1.88. The van der Waals surface area contributed by atoms with Crippen molar-refractivity contribution in [3.8, 4) is 0 Å². The van der Waals surface area contributed by atoms with Crippen molar-refractivity contribution in [3.63, 3.8) is 0 Å². The van der Waals surface area contributed by atoms with Gasteiger partial charge in [-0.25, -0.2) is 8.78 Å². The van der Waals surface area contributed by atoms with E-state index in [2.05, 4.69) is 5.32 Å². The summed E-state index contributed by atoms with van der Waals surface area (Å²) in [7, 11) is 0. The number of carbonyl (C=O) groups excluding carboxylic acids is 2. The van der Waals surface area contributed by atoms with E-state index in [0.29, 0.717) is 38.5 Å². The van der Waals surface area contributed by atoms with Crippen LogP contribution in [0.4, 0.5) is 8.78 Å². The summed E-state index contributed by atoms with van der Waals surface area (Å²) in [5.41, 5.74) is -0.156. The Morgan fingerprint density at radius 3 is 2.58 bits per heavy atom. The van der Waals surface area contributed by atoms with Crippen molar-refractivity contribution < 1.29 is 23.5 Å². The summed E-state index contributed by atoms with van der Waals surface area (Å²) < 4.78 is 26.6. The van der Waals surface area contributed by atoms with Crippen LogP contribution in [0.3, 0.4) is 0 Å². The van der Waals surface area contributed by atoms with Crippen LogP contribution in [0.15, 0.2) is 18.2 Å². The number of benzene rings is 1. The van der Waals surface area contributed by atoms with Gasteiger partial charge in [-0.05, 0) is 30.9 Å². The Bertz CT molecular complexity index is 601. The zero-order chi connectivity index (χ0) is 17.7. The summed E-state index contributed by atoms with van der Waals surface area (Å²) in [4.78, 5) is 25.8. The fourth-order valence-corrected chi connectivity index (χ4v) is 2.66. The Hall–Kier alpha value is -2.02. The number of nitrogens with one attached hydrogen (secondary N) is 1. The van der Waals surface area contributed by atoms with Crippen molar-refractivity contribution >= 4 is 11.8 Å². The molecule has 0 saturated carbocycles. The molecule has 1 aromatic rings. The smallest absolute Gasteiger partial charge is 0.256 e. The fraction of sp³-hybridized carbons (Fsp3) is 0.529. The third-order valence-corrected chi connectivity index (χ3v) is 4.25. The van der Waals surface area contributed by atoms with Crippen LogP contribution in [0.1, 0.15) is 30.1 Å². The molecule has 1 atom stereocenters. The van der Waals surface area contributed by atoms with Gasteiger partial charge in [0.2, 0.25) is 5.91 Å². The molecule has 1 aliphatic rings. The molecule has 24 heavy (non-hydrogen) atoms. The maximum absolute atomic E-state index is 13.7. The van der Waals surface area contributed by atoms with Gasteiger partial charge in [0.1, 0.15) is 11.6 Å². The number of piperidine rings is 1. The average molecular weight is 340 g/mol. The monoisotopic (exact) mass is 340 g/mol. The standard InChI is InChI=1S/C17H22F2N2O3/c1-11(10-22)9-20-16(23)12-4-6-21(7-5-12)17(24)14-3-2-13(18)8-15(14)19/h2-3,8,11-12,22H,4-7,9-10H2,1H3,(H,20,23). The highest BCUT2D eigenvalue weighted by atomic mass is 19.1. The minimum atomic E-state index is -0.877. The molecule has 1 aromatic carbocycles. The minimum absolute atomic E-state index is 0.00271. The molecule has 0 bridgehead atoms. The maximum Gasteiger partial charge on any atom is 0.256 e. The summed E-state index contributed by atoms with van der Waals surface area (Å²) in [5.74, 6) is -2.37. The van der Waals surface area contributed by atoms with E-state index >= 15 is 0 Å². The highest BCUT2D eigenvalue weighted by Gasteiger charge is 2.28. The first kappa shape index (κ1) is 18.3. The van der Waals surface area contributed by atoms with E-state index < -0.39 is 17.5 Å². The quantitative estimate of drug-likeness (QED) is 0.855. The van der Waals surface area contributed by atoms with Crippen LogP contribution in [0, 0.1) is 23.5 Å². The lowest BCUT2D eigenvalue weighted by Crippen LogP contribution is -2.44. The molecule has 0 spiro atoms. The lowest BCUT2D eigenvalue weighted by molar-refractivity contribution is -0.126. The van der Waals surface area contributed by atoms with Crippen molar-refractivity contribution in [2.45, 2.75) is 19.8 Å². The van der Waals surface area contributed by atoms with Gasteiger partial charge in [0, 0.05) is 38.2 Å². The molecule has 1 aliphatic heterocycles. The minimum Gasteiger partial charge on any atom is -0.396 e. The molecule has 132 valence electrons. The summed E-state index contributed by atoms with van der Waals surface area (Å²) in [6.45, 7) is 2.96. The molecule has 1 fully saturated rings. The third kappa shape index (κ3) is 4.50. The molecule has 1 saturated heterocycles. The molecule has 5 nitrogen and oxygen atoms in total. The molecule has 0 radical (unpaired) electrons. The Morgan fingerprint density at radius 2 is 2.00 bits per heavy atom. The number of nitrogens with zero attached hydrogens (tertiary/aromatic N) is 1. The molecule has 1 heterocycles. The van der Waals surface area contributed by atoms with Crippen LogP contribution in [-0.4, -0.2) is 48.1 Å². The molecule has 2 rings (SSSR count). The van der Waals surface area contributed by atoms with Gasteiger partial charge in [0.05, 0.1) is 5.56 Å². The number of likely N-dealkylation sites (tertiary alicyclic amines) is 1. The Kier molecular flexibility index (Phi) is 6.25. The van der Waals surface area contributed by atoms with Crippen molar-refractivity contribution in [3.05, 3.63) is 35.4 Å². The van der Waals surface area contributed by atoms with Gasteiger partial charge in [0.15, 0.2) is 0 Å². The largest absolute Gasteiger partial charge is 0.396 e. The second kappa shape index (κ2) is 8.19. The van der Waals surface area contributed by atoms with E-state index in [1.54, 1.807) is 0 Å².